The number of halogens is 2. The van der Waals surface area contributed by atoms with Crippen LogP contribution in [0.1, 0.15) is 18.7 Å². The van der Waals surface area contributed by atoms with Crippen LogP contribution in [0.5, 0.6) is 17.2 Å². The van der Waals surface area contributed by atoms with E-state index in [-0.39, 0.29) is 6.04 Å². The summed E-state index contributed by atoms with van der Waals surface area (Å²) in [6.07, 6.45) is 1.72. The van der Waals surface area contributed by atoms with Crippen molar-refractivity contribution in [3.8, 4) is 17.2 Å². The molecule has 0 saturated carbocycles. The molecule has 1 unspecified atom stereocenters. The average molecular weight is 416 g/mol. The summed E-state index contributed by atoms with van der Waals surface area (Å²) in [4.78, 5) is 4.39. The van der Waals surface area contributed by atoms with Gasteiger partial charge in [0.25, 0.3) is 0 Å². The molecule has 1 atom stereocenters. The van der Waals surface area contributed by atoms with Crippen molar-refractivity contribution in [3.05, 3.63) is 45.1 Å². The molecule has 0 aliphatic heterocycles. The molecule has 0 amide bonds. The SMILES string of the molecule is CNC(C)c1ccc(Oc2cc(Br)c(OC)cc2Br)cn1. The molecule has 0 aliphatic rings. The van der Waals surface area contributed by atoms with E-state index in [9.17, 15) is 0 Å². The fourth-order valence-corrected chi connectivity index (χ4v) is 2.62. The summed E-state index contributed by atoms with van der Waals surface area (Å²) < 4.78 is 12.7. The largest absolute Gasteiger partial charge is 0.496 e. The Bertz CT molecular complexity index is 618. The smallest absolute Gasteiger partial charge is 0.145 e. The van der Waals surface area contributed by atoms with Gasteiger partial charge in [-0.15, -0.1) is 0 Å². The Morgan fingerprint density at radius 3 is 2.38 bits per heavy atom. The monoisotopic (exact) mass is 414 g/mol. The van der Waals surface area contributed by atoms with Crippen LogP contribution in [-0.4, -0.2) is 19.1 Å². The van der Waals surface area contributed by atoms with Gasteiger partial charge >= 0.3 is 0 Å². The fourth-order valence-electron chi connectivity index (χ4n) is 1.73. The third-order valence-electron chi connectivity index (χ3n) is 3.07. The molecule has 2 rings (SSSR count). The van der Waals surface area contributed by atoms with E-state index in [1.165, 1.54) is 0 Å². The summed E-state index contributed by atoms with van der Waals surface area (Å²) in [6, 6.07) is 7.77. The molecule has 0 radical (unpaired) electrons. The molecular weight excluding hydrogens is 400 g/mol. The number of rotatable bonds is 5. The maximum Gasteiger partial charge on any atom is 0.145 e. The second-order valence-electron chi connectivity index (χ2n) is 4.45. The number of nitrogens with one attached hydrogen (secondary N) is 1. The summed E-state index contributed by atoms with van der Waals surface area (Å²) in [7, 11) is 3.53. The highest BCUT2D eigenvalue weighted by Crippen LogP contribution is 2.38. The van der Waals surface area contributed by atoms with E-state index in [0.717, 1.165) is 20.4 Å². The topological polar surface area (TPSA) is 43.4 Å². The molecule has 21 heavy (non-hydrogen) atoms. The summed E-state index contributed by atoms with van der Waals surface area (Å²) in [5.74, 6) is 2.12. The van der Waals surface area contributed by atoms with Crippen molar-refractivity contribution in [2.24, 2.45) is 0 Å². The Labute approximate surface area is 141 Å². The van der Waals surface area contributed by atoms with Gasteiger partial charge in [-0.05, 0) is 70.1 Å². The third kappa shape index (κ3) is 3.96. The molecule has 1 N–H and O–H groups in total. The third-order valence-corrected chi connectivity index (χ3v) is 4.31. The minimum atomic E-state index is 0.209. The highest BCUT2D eigenvalue weighted by Gasteiger charge is 2.10. The van der Waals surface area contributed by atoms with Crippen molar-refractivity contribution in [1.82, 2.24) is 10.3 Å². The number of ether oxygens (including phenoxy) is 2. The van der Waals surface area contributed by atoms with Crippen LogP contribution >= 0.6 is 31.9 Å². The van der Waals surface area contributed by atoms with Gasteiger partial charge in [0.1, 0.15) is 17.2 Å². The Hall–Kier alpha value is -1.11. The number of aromatic nitrogens is 1. The van der Waals surface area contributed by atoms with Gasteiger partial charge in [-0.25, -0.2) is 0 Å². The number of hydrogen-bond acceptors (Lipinski definition) is 4. The minimum absolute atomic E-state index is 0.209. The second-order valence-corrected chi connectivity index (χ2v) is 6.16. The van der Waals surface area contributed by atoms with E-state index in [4.69, 9.17) is 9.47 Å². The van der Waals surface area contributed by atoms with Crippen molar-refractivity contribution >= 4 is 31.9 Å². The molecule has 0 spiro atoms. The summed E-state index contributed by atoms with van der Waals surface area (Å²) in [6.45, 7) is 2.06. The molecule has 0 fully saturated rings. The Morgan fingerprint density at radius 1 is 1.14 bits per heavy atom. The van der Waals surface area contributed by atoms with Crippen molar-refractivity contribution in [1.29, 1.82) is 0 Å². The van der Waals surface area contributed by atoms with E-state index < -0.39 is 0 Å². The van der Waals surface area contributed by atoms with Crippen LogP contribution in [-0.2, 0) is 0 Å². The maximum atomic E-state index is 5.84. The summed E-state index contributed by atoms with van der Waals surface area (Å²) >= 11 is 6.92. The second kappa shape index (κ2) is 7.24. The fraction of sp³-hybridized carbons (Fsp3) is 0.267. The summed E-state index contributed by atoms with van der Waals surface area (Å²) in [5, 5.41) is 3.15. The first kappa shape index (κ1) is 16.3. The van der Waals surface area contributed by atoms with Crippen LogP contribution in [0.25, 0.3) is 0 Å². The number of methoxy groups -OCH3 is 1. The Balaban J connectivity index is 2.20. The highest BCUT2D eigenvalue weighted by atomic mass is 79.9. The van der Waals surface area contributed by atoms with Gasteiger partial charge in [-0.2, -0.15) is 0 Å². The zero-order valence-electron chi connectivity index (χ0n) is 12.0. The Kier molecular flexibility index (Phi) is 5.61. The quantitative estimate of drug-likeness (QED) is 0.769. The zero-order valence-corrected chi connectivity index (χ0v) is 15.2. The van der Waals surface area contributed by atoms with Crippen LogP contribution in [0, 0.1) is 0 Å². The average Bonchev–Trinajstić information content (AvgIpc) is 2.50. The van der Waals surface area contributed by atoms with Gasteiger partial charge in [0.05, 0.1) is 27.9 Å². The van der Waals surface area contributed by atoms with E-state index in [0.29, 0.717) is 11.5 Å². The standard InChI is InChI=1S/C15H16Br2N2O2/c1-9(18-2)13-5-4-10(8-19-13)21-15-7-11(16)14(20-3)6-12(15)17/h4-9,18H,1-3H3. The lowest BCUT2D eigenvalue weighted by Crippen LogP contribution is -2.13. The van der Waals surface area contributed by atoms with Crippen molar-refractivity contribution in [2.75, 3.05) is 14.2 Å². The predicted octanol–water partition coefficient (Wildman–Crippen LogP) is 4.69. The van der Waals surface area contributed by atoms with Crippen molar-refractivity contribution < 1.29 is 9.47 Å². The molecule has 2 aromatic rings. The predicted molar refractivity (Wildman–Crippen MR) is 90.2 cm³/mol. The first-order valence-electron chi connectivity index (χ1n) is 6.39. The van der Waals surface area contributed by atoms with E-state index >= 15 is 0 Å². The van der Waals surface area contributed by atoms with E-state index in [2.05, 4.69) is 49.1 Å². The molecule has 0 bridgehead atoms. The molecule has 0 saturated heterocycles. The van der Waals surface area contributed by atoms with Gasteiger partial charge < -0.3 is 14.8 Å². The van der Waals surface area contributed by atoms with Crippen molar-refractivity contribution in [3.63, 3.8) is 0 Å². The van der Waals surface area contributed by atoms with Gasteiger partial charge in [-0.3, -0.25) is 4.98 Å². The molecule has 1 heterocycles. The highest BCUT2D eigenvalue weighted by molar-refractivity contribution is 9.11. The lowest BCUT2D eigenvalue weighted by atomic mass is 10.2. The van der Waals surface area contributed by atoms with Crippen LogP contribution in [0.4, 0.5) is 0 Å². The summed E-state index contributed by atoms with van der Waals surface area (Å²) in [5.41, 5.74) is 0.972. The molecule has 112 valence electrons. The molecule has 1 aromatic carbocycles. The molecule has 1 aromatic heterocycles. The van der Waals surface area contributed by atoms with E-state index in [1.807, 2.05) is 31.3 Å². The van der Waals surface area contributed by atoms with Crippen LogP contribution in [0.15, 0.2) is 39.4 Å². The van der Waals surface area contributed by atoms with Gasteiger partial charge in [0, 0.05) is 6.04 Å². The normalized spacial score (nSPS) is 12.0. The minimum Gasteiger partial charge on any atom is -0.496 e. The lowest BCUT2D eigenvalue weighted by molar-refractivity contribution is 0.409. The zero-order chi connectivity index (χ0) is 15.4. The molecule has 4 nitrogen and oxygen atoms in total. The first-order valence-corrected chi connectivity index (χ1v) is 7.98. The van der Waals surface area contributed by atoms with Crippen LogP contribution < -0.4 is 14.8 Å². The van der Waals surface area contributed by atoms with Crippen molar-refractivity contribution in [2.45, 2.75) is 13.0 Å². The lowest BCUT2D eigenvalue weighted by Gasteiger charge is -2.12. The van der Waals surface area contributed by atoms with Gasteiger partial charge in [-0.1, -0.05) is 0 Å². The molecule has 0 aliphatic carbocycles. The number of hydrogen-bond donors (Lipinski definition) is 1. The van der Waals surface area contributed by atoms with Crippen LogP contribution in [0.2, 0.25) is 0 Å². The Morgan fingerprint density at radius 2 is 1.81 bits per heavy atom. The maximum absolute atomic E-state index is 5.84. The van der Waals surface area contributed by atoms with Crippen LogP contribution in [0.3, 0.4) is 0 Å². The number of pyridine rings is 1. The number of benzene rings is 1. The molecular formula is C15H16Br2N2O2. The van der Waals surface area contributed by atoms with Gasteiger partial charge in [0.15, 0.2) is 0 Å². The molecule has 6 heteroatoms. The number of nitrogens with zero attached hydrogens (tertiary/aromatic N) is 1. The van der Waals surface area contributed by atoms with Gasteiger partial charge in [0.2, 0.25) is 0 Å². The van der Waals surface area contributed by atoms with E-state index in [1.54, 1.807) is 13.3 Å². The first-order chi connectivity index (χ1) is 10.0.